The van der Waals surface area contributed by atoms with Gasteiger partial charge < -0.3 is 20.7 Å². The smallest absolute Gasteiger partial charge is 0.322 e. The van der Waals surface area contributed by atoms with Crippen molar-refractivity contribution in [2.75, 3.05) is 11.9 Å². The van der Waals surface area contributed by atoms with E-state index < -0.39 is 18.4 Å². The summed E-state index contributed by atoms with van der Waals surface area (Å²) < 4.78 is 13.5. The summed E-state index contributed by atoms with van der Waals surface area (Å²) in [5.74, 6) is -2.26. The number of hydrogen-bond acceptors (Lipinski definition) is 3. The highest BCUT2D eigenvalue weighted by molar-refractivity contribution is 6.06. The monoisotopic (exact) mass is 383 g/mol. The summed E-state index contributed by atoms with van der Waals surface area (Å²) in [7, 11) is 0. The number of carboxylic acids is 1. The zero-order valence-electron chi connectivity index (χ0n) is 15.0. The lowest BCUT2D eigenvalue weighted by Crippen LogP contribution is -2.30. The van der Waals surface area contributed by atoms with Gasteiger partial charge in [0.25, 0.3) is 5.91 Å². The lowest BCUT2D eigenvalue weighted by molar-refractivity contribution is -0.137. The number of carbonyl (C=O) groups excluding carboxylic acids is 2. The van der Waals surface area contributed by atoms with E-state index in [9.17, 15) is 18.8 Å². The second-order valence-corrected chi connectivity index (χ2v) is 6.37. The molecule has 0 spiro atoms. The average Bonchev–Trinajstić information content (AvgIpc) is 3.06. The van der Waals surface area contributed by atoms with Crippen LogP contribution in [0.4, 0.5) is 10.1 Å². The van der Waals surface area contributed by atoms with Crippen molar-refractivity contribution in [1.82, 2.24) is 10.3 Å². The van der Waals surface area contributed by atoms with Crippen LogP contribution in [-0.4, -0.2) is 34.4 Å². The Bertz CT molecular complexity index is 1060. The Morgan fingerprint density at radius 2 is 1.82 bits per heavy atom. The number of H-pyrrole nitrogens is 1. The van der Waals surface area contributed by atoms with Crippen molar-refractivity contribution in [3.8, 4) is 0 Å². The van der Waals surface area contributed by atoms with Gasteiger partial charge in [0.15, 0.2) is 0 Å². The van der Waals surface area contributed by atoms with E-state index in [0.29, 0.717) is 22.5 Å². The first-order valence-corrected chi connectivity index (χ1v) is 8.49. The molecule has 1 heterocycles. The SMILES string of the molecule is Cc1cc(F)cc2[nH]c(C(=O)Nc3ccc(CC(=O)NCC(=O)O)cc3)cc12. The van der Waals surface area contributed by atoms with Crippen molar-refractivity contribution in [3.05, 3.63) is 65.1 Å². The van der Waals surface area contributed by atoms with E-state index in [1.54, 1.807) is 37.3 Å². The van der Waals surface area contributed by atoms with E-state index in [-0.39, 0.29) is 18.1 Å². The number of aromatic nitrogens is 1. The molecule has 2 aromatic carbocycles. The number of aryl methyl sites for hydroxylation is 1. The molecule has 0 saturated carbocycles. The molecule has 8 heteroatoms. The van der Waals surface area contributed by atoms with Crippen molar-refractivity contribution >= 4 is 34.4 Å². The predicted molar refractivity (Wildman–Crippen MR) is 102 cm³/mol. The minimum absolute atomic E-state index is 0.0361. The van der Waals surface area contributed by atoms with Gasteiger partial charge >= 0.3 is 5.97 Å². The third-order valence-electron chi connectivity index (χ3n) is 4.17. The van der Waals surface area contributed by atoms with Crippen LogP contribution >= 0.6 is 0 Å². The maximum atomic E-state index is 13.5. The Balaban J connectivity index is 1.65. The highest BCUT2D eigenvalue weighted by atomic mass is 19.1. The van der Waals surface area contributed by atoms with Crippen LogP contribution in [0.2, 0.25) is 0 Å². The molecule has 0 saturated heterocycles. The quantitative estimate of drug-likeness (QED) is 0.524. The largest absolute Gasteiger partial charge is 0.480 e. The summed E-state index contributed by atoms with van der Waals surface area (Å²) in [6, 6.07) is 11.0. The fourth-order valence-electron chi connectivity index (χ4n) is 2.82. The fraction of sp³-hybridized carbons (Fsp3) is 0.150. The van der Waals surface area contributed by atoms with Crippen LogP contribution in [0.15, 0.2) is 42.5 Å². The summed E-state index contributed by atoms with van der Waals surface area (Å²) in [5, 5.41) is 14.3. The fourth-order valence-corrected chi connectivity index (χ4v) is 2.82. The molecule has 2 amide bonds. The molecular formula is C20H18FN3O4. The number of amides is 2. The van der Waals surface area contributed by atoms with E-state index in [1.807, 2.05) is 0 Å². The second-order valence-electron chi connectivity index (χ2n) is 6.37. The van der Waals surface area contributed by atoms with Crippen molar-refractivity contribution in [3.63, 3.8) is 0 Å². The molecule has 4 N–H and O–H groups in total. The summed E-state index contributed by atoms with van der Waals surface area (Å²) in [4.78, 5) is 37.4. The first-order chi connectivity index (χ1) is 13.3. The Morgan fingerprint density at radius 3 is 2.50 bits per heavy atom. The number of carboxylic acid groups (broad SMARTS) is 1. The topological polar surface area (TPSA) is 111 Å². The van der Waals surface area contributed by atoms with E-state index >= 15 is 0 Å². The van der Waals surface area contributed by atoms with Crippen LogP contribution in [0.3, 0.4) is 0 Å². The lowest BCUT2D eigenvalue weighted by atomic mass is 10.1. The van der Waals surface area contributed by atoms with Gasteiger partial charge in [0.2, 0.25) is 5.91 Å². The molecule has 0 aliphatic rings. The Labute approximate surface area is 159 Å². The number of benzene rings is 2. The van der Waals surface area contributed by atoms with Gasteiger partial charge in [0.05, 0.1) is 6.42 Å². The van der Waals surface area contributed by atoms with Crippen LogP contribution < -0.4 is 10.6 Å². The molecule has 144 valence electrons. The van der Waals surface area contributed by atoms with E-state index in [2.05, 4.69) is 15.6 Å². The number of anilines is 1. The van der Waals surface area contributed by atoms with Crippen LogP contribution in [0.5, 0.6) is 0 Å². The molecule has 3 aromatic rings. The molecule has 0 atom stereocenters. The number of aromatic amines is 1. The first-order valence-electron chi connectivity index (χ1n) is 8.49. The number of halogens is 1. The summed E-state index contributed by atoms with van der Waals surface area (Å²) >= 11 is 0. The van der Waals surface area contributed by atoms with Gasteiger partial charge in [-0.2, -0.15) is 0 Å². The number of hydrogen-bond donors (Lipinski definition) is 4. The Kier molecular flexibility index (Phi) is 5.39. The number of aliphatic carboxylic acids is 1. The minimum Gasteiger partial charge on any atom is -0.480 e. The van der Waals surface area contributed by atoms with Gasteiger partial charge in [0, 0.05) is 16.6 Å². The number of fused-ring (bicyclic) bond motifs is 1. The molecule has 0 aliphatic heterocycles. The molecule has 28 heavy (non-hydrogen) atoms. The maximum Gasteiger partial charge on any atom is 0.322 e. The molecule has 3 rings (SSSR count). The molecule has 1 aromatic heterocycles. The highest BCUT2D eigenvalue weighted by Gasteiger charge is 2.12. The zero-order chi connectivity index (χ0) is 20.3. The van der Waals surface area contributed by atoms with Gasteiger partial charge in [-0.15, -0.1) is 0 Å². The van der Waals surface area contributed by atoms with Gasteiger partial charge in [-0.3, -0.25) is 14.4 Å². The van der Waals surface area contributed by atoms with Crippen molar-refractivity contribution in [2.45, 2.75) is 13.3 Å². The van der Waals surface area contributed by atoms with Crippen LogP contribution in [0, 0.1) is 12.7 Å². The molecule has 0 unspecified atom stereocenters. The third-order valence-corrected chi connectivity index (χ3v) is 4.17. The minimum atomic E-state index is -1.11. The standard InChI is InChI=1S/C20H18FN3O4/c1-11-6-13(21)8-16-15(11)9-17(24-16)20(28)23-14-4-2-12(3-5-14)7-18(25)22-10-19(26)27/h2-6,8-9,24H,7,10H2,1H3,(H,22,25)(H,23,28)(H,26,27). The van der Waals surface area contributed by atoms with Crippen molar-refractivity contribution in [1.29, 1.82) is 0 Å². The van der Waals surface area contributed by atoms with E-state index in [4.69, 9.17) is 5.11 Å². The van der Waals surface area contributed by atoms with Gasteiger partial charge in [-0.1, -0.05) is 12.1 Å². The van der Waals surface area contributed by atoms with Crippen molar-refractivity contribution in [2.24, 2.45) is 0 Å². The van der Waals surface area contributed by atoms with Gasteiger partial charge in [-0.05, 0) is 48.4 Å². The van der Waals surface area contributed by atoms with E-state index in [1.165, 1.54) is 12.1 Å². The summed E-state index contributed by atoms with van der Waals surface area (Å²) in [6.07, 6.45) is 0.0361. The molecule has 7 nitrogen and oxygen atoms in total. The van der Waals surface area contributed by atoms with E-state index in [0.717, 1.165) is 10.9 Å². The predicted octanol–water partition coefficient (Wildman–Crippen LogP) is 2.61. The summed E-state index contributed by atoms with van der Waals surface area (Å²) in [6.45, 7) is 1.34. The zero-order valence-corrected chi connectivity index (χ0v) is 15.0. The molecule has 0 bridgehead atoms. The van der Waals surface area contributed by atoms with Gasteiger partial charge in [0.1, 0.15) is 18.1 Å². The average molecular weight is 383 g/mol. The third kappa shape index (κ3) is 4.53. The first kappa shape index (κ1) is 19.1. The van der Waals surface area contributed by atoms with Crippen LogP contribution in [0.1, 0.15) is 21.6 Å². The van der Waals surface area contributed by atoms with Gasteiger partial charge in [-0.25, -0.2) is 4.39 Å². The second kappa shape index (κ2) is 7.91. The van der Waals surface area contributed by atoms with Crippen LogP contribution in [-0.2, 0) is 16.0 Å². The molecule has 0 fully saturated rings. The van der Waals surface area contributed by atoms with Crippen molar-refractivity contribution < 1.29 is 23.9 Å². The highest BCUT2D eigenvalue weighted by Crippen LogP contribution is 2.22. The number of rotatable bonds is 6. The number of nitrogens with one attached hydrogen (secondary N) is 3. The molecule has 0 aliphatic carbocycles. The lowest BCUT2D eigenvalue weighted by Gasteiger charge is -2.06. The normalized spacial score (nSPS) is 10.6. The molecular weight excluding hydrogens is 365 g/mol. The summed E-state index contributed by atoms with van der Waals surface area (Å²) in [5.41, 5.74) is 2.79. The number of carbonyl (C=O) groups is 3. The van der Waals surface area contributed by atoms with Crippen LogP contribution in [0.25, 0.3) is 10.9 Å². The maximum absolute atomic E-state index is 13.5. The molecule has 0 radical (unpaired) electrons. The Morgan fingerprint density at radius 1 is 1.11 bits per heavy atom. The Hall–Kier alpha value is -3.68.